The first-order chi connectivity index (χ1) is 17.7. The summed E-state index contributed by atoms with van der Waals surface area (Å²) < 4.78 is 0. The number of carbonyl (C=O) groups is 5. The molecule has 186 valence electrons. The van der Waals surface area contributed by atoms with Crippen LogP contribution in [0.25, 0.3) is 0 Å². The second kappa shape index (κ2) is 9.34. The summed E-state index contributed by atoms with van der Waals surface area (Å²) in [6.45, 7) is 0. The van der Waals surface area contributed by atoms with E-state index in [0.29, 0.717) is 33.6 Å². The van der Waals surface area contributed by atoms with Gasteiger partial charge >= 0.3 is 5.97 Å². The number of hydrogen-bond acceptors (Lipinski definition) is 6. The Balaban J connectivity index is 1.29. The number of nitrogens with zero attached hydrogens (tertiary/aromatic N) is 1. The van der Waals surface area contributed by atoms with Gasteiger partial charge in [-0.25, -0.2) is 9.69 Å². The molecule has 0 saturated carbocycles. The Labute approximate surface area is 211 Å². The molecule has 2 aliphatic rings. The van der Waals surface area contributed by atoms with Crippen molar-refractivity contribution in [3.63, 3.8) is 0 Å². The zero-order valence-electron chi connectivity index (χ0n) is 19.6. The van der Waals surface area contributed by atoms with Crippen LogP contribution >= 0.6 is 0 Å². The summed E-state index contributed by atoms with van der Waals surface area (Å²) in [5.74, 6) is -4.02. The summed E-state index contributed by atoms with van der Waals surface area (Å²) in [4.78, 5) is 64.0. The van der Waals surface area contributed by atoms with Gasteiger partial charge in [-0.3, -0.25) is 19.2 Å². The molecule has 0 saturated heterocycles. The van der Waals surface area contributed by atoms with E-state index in [-0.39, 0.29) is 31.0 Å². The van der Waals surface area contributed by atoms with Crippen molar-refractivity contribution in [2.24, 2.45) is 5.92 Å². The maximum absolute atomic E-state index is 13.0. The number of nitrogens with two attached hydrogens (primary N) is 1. The van der Waals surface area contributed by atoms with Crippen LogP contribution in [-0.2, 0) is 33.6 Å². The lowest BCUT2D eigenvalue weighted by Gasteiger charge is -2.27. The lowest BCUT2D eigenvalue weighted by molar-refractivity contribution is -0.142. The van der Waals surface area contributed by atoms with E-state index in [1.54, 1.807) is 66.7 Å². The number of nitrogen functional groups attached to an aromatic ring is 1. The second-order valence-corrected chi connectivity index (χ2v) is 9.18. The zero-order valence-corrected chi connectivity index (χ0v) is 19.6. The van der Waals surface area contributed by atoms with Crippen molar-refractivity contribution in [3.05, 3.63) is 94.5 Å². The smallest absolute Gasteiger partial charge is 0.326 e. The topological polar surface area (TPSA) is 147 Å². The molecule has 0 aromatic heterocycles. The van der Waals surface area contributed by atoms with Gasteiger partial charge in [0.05, 0.1) is 12.1 Å². The average Bonchev–Trinajstić information content (AvgIpc) is 3.22. The molecule has 1 heterocycles. The number of benzene rings is 3. The fourth-order valence-electron chi connectivity index (χ4n) is 4.82. The standard InChI is InChI=1S/C28H23N3O6/c29-18-8-7-17-13-24(32)31(27(35)21(17)14-18)19-9-5-15(6-10-19)11-23(28(36)37)30-26(34)22-12-16-3-1-2-4-20(16)25(22)33/h1-10,14,22-23H,11-13,29H2,(H,30,34)(H,36,37)/t22?,23-/m0/s1. The highest BCUT2D eigenvalue weighted by Crippen LogP contribution is 2.28. The van der Waals surface area contributed by atoms with Gasteiger partial charge in [-0.05, 0) is 47.4 Å². The van der Waals surface area contributed by atoms with E-state index in [4.69, 9.17) is 5.73 Å². The predicted octanol–water partition coefficient (Wildman–Crippen LogP) is 2.17. The Morgan fingerprint density at radius 1 is 0.973 bits per heavy atom. The van der Waals surface area contributed by atoms with Crippen molar-refractivity contribution in [2.45, 2.75) is 25.3 Å². The highest BCUT2D eigenvalue weighted by Gasteiger charge is 2.37. The van der Waals surface area contributed by atoms with Crippen molar-refractivity contribution in [3.8, 4) is 0 Å². The highest BCUT2D eigenvalue weighted by atomic mass is 16.4. The molecule has 2 atom stereocenters. The molecule has 9 heteroatoms. The first-order valence-corrected chi connectivity index (χ1v) is 11.7. The minimum Gasteiger partial charge on any atom is -0.480 e. The number of carboxylic acids is 1. The van der Waals surface area contributed by atoms with Crippen LogP contribution in [0.15, 0.2) is 66.7 Å². The second-order valence-electron chi connectivity index (χ2n) is 9.18. The largest absolute Gasteiger partial charge is 0.480 e. The third kappa shape index (κ3) is 4.47. The Morgan fingerprint density at radius 2 is 1.70 bits per heavy atom. The number of fused-ring (bicyclic) bond motifs is 2. The monoisotopic (exact) mass is 497 g/mol. The number of carboxylic acid groups (broad SMARTS) is 1. The molecule has 9 nitrogen and oxygen atoms in total. The quantitative estimate of drug-likeness (QED) is 0.269. The molecule has 5 rings (SSSR count). The highest BCUT2D eigenvalue weighted by molar-refractivity contribution is 6.24. The molecule has 37 heavy (non-hydrogen) atoms. The van der Waals surface area contributed by atoms with E-state index in [9.17, 15) is 29.1 Å². The van der Waals surface area contributed by atoms with Gasteiger partial charge in [0.25, 0.3) is 5.91 Å². The normalized spacial score (nSPS) is 17.2. The van der Waals surface area contributed by atoms with Crippen molar-refractivity contribution in [1.82, 2.24) is 5.32 Å². The van der Waals surface area contributed by atoms with Gasteiger partial charge in [-0.1, -0.05) is 42.5 Å². The number of anilines is 2. The number of rotatable bonds is 6. The van der Waals surface area contributed by atoms with Gasteiger partial charge in [0, 0.05) is 23.2 Å². The number of ketones is 1. The molecule has 3 aromatic carbocycles. The van der Waals surface area contributed by atoms with Crippen LogP contribution in [0.1, 0.15) is 37.4 Å². The van der Waals surface area contributed by atoms with E-state index in [1.807, 2.05) is 0 Å². The minimum atomic E-state index is -1.26. The minimum absolute atomic E-state index is 0.0452. The van der Waals surface area contributed by atoms with Crippen molar-refractivity contribution < 1.29 is 29.1 Å². The number of nitrogens with one attached hydrogen (secondary N) is 1. The maximum Gasteiger partial charge on any atom is 0.326 e. The Kier molecular flexibility index (Phi) is 6.04. The lowest BCUT2D eigenvalue weighted by Crippen LogP contribution is -2.46. The predicted molar refractivity (Wildman–Crippen MR) is 134 cm³/mol. The first kappa shape index (κ1) is 23.9. The molecule has 0 fully saturated rings. The fraction of sp³-hybridized carbons (Fsp3) is 0.179. The third-order valence-corrected chi connectivity index (χ3v) is 6.75. The zero-order chi connectivity index (χ0) is 26.3. The molecular weight excluding hydrogens is 474 g/mol. The van der Waals surface area contributed by atoms with Crippen LogP contribution in [0.2, 0.25) is 0 Å². The summed E-state index contributed by atoms with van der Waals surface area (Å²) >= 11 is 0. The number of Topliss-reactive ketones (excluding diaryl/α,β-unsaturated/α-hetero) is 1. The van der Waals surface area contributed by atoms with Gasteiger partial charge < -0.3 is 16.2 Å². The van der Waals surface area contributed by atoms with Crippen molar-refractivity contribution in [1.29, 1.82) is 0 Å². The molecule has 4 N–H and O–H groups in total. The number of amides is 3. The maximum atomic E-state index is 13.0. The van der Waals surface area contributed by atoms with Gasteiger partial charge in [0.2, 0.25) is 11.8 Å². The van der Waals surface area contributed by atoms with Crippen LogP contribution < -0.4 is 16.0 Å². The molecule has 1 unspecified atom stereocenters. The van der Waals surface area contributed by atoms with Gasteiger partial charge in [-0.2, -0.15) is 0 Å². The van der Waals surface area contributed by atoms with Crippen LogP contribution in [0.4, 0.5) is 11.4 Å². The number of carbonyl (C=O) groups excluding carboxylic acids is 4. The molecule has 1 aliphatic carbocycles. The molecule has 1 aliphatic heterocycles. The summed E-state index contributed by atoms with van der Waals surface area (Å²) in [5.41, 5.74) is 9.36. The van der Waals surface area contributed by atoms with Crippen LogP contribution in [0.3, 0.4) is 0 Å². The molecular formula is C28H23N3O6. The van der Waals surface area contributed by atoms with Crippen molar-refractivity contribution >= 4 is 40.8 Å². The molecule has 3 amide bonds. The SMILES string of the molecule is Nc1ccc2c(c1)C(=O)N(c1ccc(C[C@H](NC(=O)C3Cc4ccccc4C3=O)C(=O)O)cc1)C(=O)C2. The van der Waals surface area contributed by atoms with Crippen LogP contribution in [0.5, 0.6) is 0 Å². The van der Waals surface area contributed by atoms with E-state index >= 15 is 0 Å². The fourth-order valence-corrected chi connectivity index (χ4v) is 4.82. The summed E-state index contributed by atoms with van der Waals surface area (Å²) in [6, 6.07) is 16.8. The first-order valence-electron chi connectivity index (χ1n) is 11.7. The van der Waals surface area contributed by atoms with E-state index in [0.717, 1.165) is 10.5 Å². The molecule has 0 radical (unpaired) electrons. The number of hydrogen-bond donors (Lipinski definition) is 3. The van der Waals surface area contributed by atoms with E-state index in [2.05, 4.69) is 5.32 Å². The summed E-state index contributed by atoms with van der Waals surface area (Å²) in [5, 5.41) is 12.2. The lowest BCUT2D eigenvalue weighted by atomic mass is 9.97. The third-order valence-electron chi connectivity index (χ3n) is 6.75. The van der Waals surface area contributed by atoms with Gasteiger partial charge in [0.1, 0.15) is 12.0 Å². The molecule has 0 spiro atoms. The van der Waals surface area contributed by atoms with Crippen LogP contribution in [-0.4, -0.2) is 40.6 Å². The van der Waals surface area contributed by atoms with Crippen molar-refractivity contribution in [2.75, 3.05) is 10.6 Å². The average molecular weight is 498 g/mol. The Bertz CT molecular complexity index is 1460. The molecule has 0 bridgehead atoms. The number of imide groups is 1. The van der Waals surface area contributed by atoms with Crippen LogP contribution in [0, 0.1) is 5.92 Å². The van der Waals surface area contributed by atoms with E-state index in [1.165, 1.54) is 0 Å². The summed E-state index contributed by atoms with van der Waals surface area (Å²) in [6.07, 6.45) is 0.241. The summed E-state index contributed by atoms with van der Waals surface area (Å²) in [7, 11) is 0. The van der Waals surface area contributed by atoms with E-state index < -0.39 is 29.7 Å². The number of aliphatic carboxylic acids is 1. The molecule has 3 aromatic rings. The Hall–Kier alpha value is -4.79. The Morgan fingerprint density at radius 3 is 2.41 bits per heavy atom. The van der Waals surface area contributed by atoms with Gasteiger partial charge in [-0.15, -0.1) is 0 Å². The van der Waals surface area contributed by atoms with Gasteiger partial charge in [0.15, 0.2) is 5.78 Å².